The minimum absolute atomic E-state index is 0.231. The summed E-state index contributed by atoms with van der Waals surface area (Å²) in [6, 6.07) is 6.32. The third-order valence-corrected chi connectivity index (χ3v) is 3.14. The maximum Gasteiger partial charge on any atom is 0.373 e. The highest BCUT2D eigenvalue weighted by Gasteiger charge is 2.40. The van der Waals surface area contributed by atoms with Crippen LogP contribution >= 0.6 is 0 Å². The van der Waals surface area contributed by atoms with Crippen LogP contribution in [0.5, 0.6) is 0 Å². The van der Waals surface area contributed by atoms with Gasteiger partial charge in [-0.2, -0.15) is 0 Å². The van der Waals surface area contributed by atoms with Crippen LogP contribution in [0.25, 0.3) is 0 Å². The SMILES string of the molecule is O=C(ON1C(=O)c2ccccc2C1=O)C1CCC=CO1. The number of allylic oxidation sites excluding steroid dienone is 1. The van der Waals surface area contributed by atoms with Crippen molar-refractivity contribution in [2.45, 2.75) is 18.9 Å². The van der Waals surface area contributed by atoms with E-state index in [0.29, 0.717) is 17.9 Å². The first-order valence-electron chi connectivity index (χ1n) is 6.18. The number of ether oxygens (including phenoxy) is 1. The summed E-state index contributed by atoms with van der Waals surface area (Å²) in [7, 11) is 0. The van der Waals surface area contributed by atoms with Crippen LogP contribution in [-0.4, -0.2) is 29.0 Å². The minimum atomic E-state index is -0.788. The van der Waals surface area contributed by atoms with E-state index in [-0.39, 0.29) is 11.1 Å². The van der Waals surface area contributed by atoms with E-state index in [1.807, 2.05) is 0 Å². The van der Waals surface area contributed by atoms with Gasteiger partial charge in [-0.05, 0) is 31.1 Å². The molecule has 0 radical (unpaired) electrons. The second-order valence-electron chi connectivity index (χ2n) is 4.43. The summed E-state index contributed by atoms with van der Waals surface area (Å²) < 4.78 is 5.09. The van der Waals surface area contributed by atoms with Crippen molar-refractivity contribution in [3.63, 3.8) is 0 Å². The highest BCUT2D eigenvalue weighted by atomic mass is 16.7. The molecule has 3 rings (SSSR count). The molecule has 0 spiro atoms. The summed E-state index contributed by atoms with van der Waals surface area (Å²) in [5.74, 6) is -2.01. The van der Waals surface area contributed by atoms with Crippen molar-refractivity contribution in [2.75, 3.05) is 0 Å². The second-order valence-corrected chi connectivity index (χ2v) is 4.43. The Hall–Kier alpha value is -2.63. The van der Waals surface area contributed by atoms with Gasteiger partial charge in [0, 0.05) is 0 Å². The molecule has 0 fully saturated rings. The number of fused-ring (bicyclic) bond motifs is 1. The van der Waals surface area contributed by atoms with E-state index in [4.69, 9.17) is 9.57 Å². The van der Waals surface area contributed by atoms with Crippen molar-refractivity contribution in [1.29, 1.82) is 0 Å². The minimum Gasteiger partial charge on any atom is -0.487 e. The van der Waals surface area contributed by atoms with Gasteiger partial charge in [0.15, 0.2) is 6.10 Å². The number of hydrogen-bond donors (Lipinski definition) is 0. The summed E-state index contributed by atoms with van der Waals surface area (Å²) in [4.78, 5) is 40.8. The molecule has 1 atom stereocenters. The number of carbonyl (C=O) groups is 3. The number of hydroxylamine groups is 2. The molecule has 0 N–H and O–H groups in total. The average Bonchev–Trinajstić information content (AvgIpc) is 2.74. The van der Waals surface area contributed by atoms with Crippen molar-refractivity contribution in [2.24, 2.45) is 0 Å². The Labute approximate surface area is 114 Å². The number of rotatable bonds is 2. The molecule has 0 aromatic heterocycles. The maximum absolute atomic E-state index is 12.0. The Bertz CT molecular complexity index is 587. The van der Waals surface area contributed by atoms with Crippen LogP contribution in [0.2, 0.25) is 0 Å². The number of benzene rings is 1. The Kier molecular flexibility index (Phi) is 2.98. The molecule has 20 heavy (non-hydrogen) atoms. The summed E-state index contributed by atoms with van der Waals surface area (Å²) in [6.45, 7) is 0. The van der Waals surface area contributed by atoms with Gasteiger partial charge in [-0.15, -0.1) is 0 Å². The first kappa shape index (κ1) is 12.4. The van der Waals surface area contributed by atoms with Crippen LogP contribution in [0.1, 0.15) is 33.6 Å². The molecule has 0 saturated heterocycles. The molecule has 0 aliphatic carbocycles. The van der Waals surface area contributed by atoms with E-state index < -0.39 is 23.9 Å². The molecular formula is C14H11NO5. The lowest BCUT2D eigenvalue weighted by Crippen LogP contribution is -2.37. The van der Waals surface area contributed by atoms with Gasteiger partial charge in [0.25, 0.3) is 11.8 Å². The first-order chi connectivity index (χ1) is 9.68. The molecule has 6 heteroatoms. The molecule has 2 aliphatic heterocycles. The molecule has 2 aliphatic rings. The Balaban J connectivity index is 1.76. The second kappa shape index (κ2) is 4.80. The van der Waals surface area contributed by atoms with E-state index >= 15 is 0 Å². The van der Waals surface area contributed by atoms with Gasteiger partial charge < -0.3 is 9.57 Å². The summed E-state index contributed by atoms with van der Waals surface area (Å²) >= 11 is 0. The third kappa shape index (κ3) is 1.95. The zero-order valence-electron chi connectivity index (χ0n) is 10.4. The standard InChI is InChI=1S/C14H11NO5/c16-12-9-5-1-2-6-10(9)13(17)15(12)20-14(18)11-7-3-4-8-19-11/h1-2,4-6,8,11H,3,7H2. The number of amides is 2. The van der Waals surface area contributed by atoms with E-state index in [9.17, 15) is 14.4 Å². The molecule has 0 saturated carbocycles. The van der Waals surface area contributed by atoms with Crippen LogP contribution in [0.15, 0.2) is 36.6 Å². The molecular weight excluding hydrogens is 262 g/mol. The maximum atomic E-state index is 12.0. The highest BCUT2D eigenvalue weighted by molar-refractivity contribution is 6.20. The van der Waals surface area contributed by atoms with Gasteiger partial charge in [-0.1, -0.05) is 17.2 Å². The summed E-state index contributed by atoms with van der Waals surface area (Å²) in [5.41, 5.74) is 0.463. The molecule has 6 nitrogen and oxygen atoms in total. The molecule has 2 heterocycles. The normalized spacial score (nSPS) is 20.6. The predicted octanol–water partition coefficient (Wildman–Crippen LogP) is 1.43. The number of imide groups is 1. The number of nitrogens with zero attached hydrogens (tertiary/aromatic N) is 1. The number of carbonyl (C=O) groups excluding carboxylic acids is 3. The summed E-state index contributed by atoms with van der Waals surface area (Å²) in [6.07, 6.45) is 3.55. The van der Waals surface area contributed by atoms with E-state index in [2.05, 4.69) is 0 Å². The predicted molar refractivity (Wildman–Crippen MR) is 66.3 cm³/mol. The van der Waals surface area contributed by atoms with Crippen LogP contribution in [0.3, 0.4) is 0 Å². The van der Waals surface area contributed by atoms with Gasteiger partial charge in [0.1, 0.15) is 0 Å². The Morgan fingerprint density at radius 1 is 1.20 bits per heavy atom. The van der Waals surface area contributed by atoms with E-state index in [1.165, 1.54) is 18.4 Å². The quantitative estimate of drug-likeness (QED) is 0.762. The highest BCUT2D eigenvalue weighted by Crippen LogP contribution is 2.23. The molecule has 2 amide bonds. The average molecular weight is 273 g/mol. The molecule has 0 bridgehead atoms. The zero-order chi connectivity index (χ0) is 14.1. The lowest BCUT2D eigenvalue weighted by molar-refractivity contribution is -0.179. The van der Waals surface area contributed by atoms with Crippen molar-refractivity contribution >= 4 is 17.8 Å². The molecule has 1 aromatic rings. The van der Waals surface area contributed by atoms with Gasteiger partial charge >= 0.3 is 5.97 Å². The van der Waals surface area contributed by atoms with Crippen molar-refractivity contribution in [1.82, 2.24) is 5.06 Å². The summed E-state index contributed by atoms with van der Waals surface area (Å²) in [5, 5.41) is 0.495. The largest absolute Gasteiger partial charge is 0.487 e. The molecule has 1 unspecified atom stereocenters. The Morgan fingerprint density at radius 2 is 1.85 bits per heavy atom. The molecule has 1 aromatic carbocycles. The fraction of sp³-hybridized carbons (Fsp3) is 0.214. The van der Waals surface area contributed by atoms with Crippen LogP contribution in [0, 0.1) is 0 Å². The van der Waals surface area contributed by atoms with E-state index in [1.54, 1.807) is 18.2 Å². The molecule has 102 valence electrons. The van der Waals surface area contributed by atoms with Gasteiger partial charge in [-0.3, -0.25) is 9.59 Å². The number of hydrogen-bond acceptors (Lipinski definition) is 5. The lowest BCUT2D eigenvalue weighted by atomic mass is 10.1. The van der Waals surface area contributed by atoms with Crippen molar-refractivity contribution in [3.8, 4) is 0 Å². The zero-order valence-corrected chi connectivity index (χ0v) is 10.4. The van der Waals surface area contributed by atoms with Crippen molar-refractivity contribution in [3.05, 3.63) is 47.7 Å². The van der Waals surface area contributed by atoms with Crippen molar-refractivity contribution < 1.29 is 24.0 Å². The lowest BCUT2D eigenvalue weighted by Gasteiger charge is -2.20. The van der Waals surface area contributed by atoms with E-state index in [0.717, 1.165) is 0 Å². The van der Waals surface area contributed by atoms with Gasteiger partial charge in [-0.25, -0.2) is 4.79 Å². The fourth-order valence-corrected chi connectivity index (χ4v) is 2.11. The fourth-order valence-electron chi connectivity index (χ4n) is 2.11. The third-order valence-electron chi connectivity index (χ3n) is 3.14. The van der Waals surface area contributed by atoms with Crippen LogP contribution in [-0.2, 0) is 14.4 Å². The smallest absolute Gasteiger partial charge is 0.373 e. The van der Waals surface area contributed by atoms with Gasteiger partial charge in [0.2, 0.25) is 0 Å². The van der Waals surface area contributed by atoms with Gasteiger partial charge in [0.05, 0.1) is 17.4 Å². The monoisotopic (exact) mass is 273 g/mol. The first-order valence-corrected chi connectivity index (χ1v) is 6.18. The van der Waals surface area contributed by atoms with Crippen LogP contribution < -0.4 is 0 Å². The Morgan fingerprint density at radius 3 is 2.40 bits per heavy atom. The van der Waals surface area contributed by atoms with Crippen LogP contribution in [0.4, 0.5) is 0 Å². The topological polar surface area (TPSA) is 72.9 Å².